The van der Waals surface area contributed by atoms with Crippen LogP contribution in [0.4, 0.5) is 17.6 Å². The predicted molar refractivity (Wildman–Crippen MR) is 155 cm³/mol. The molecule has 0 saturated carbocycles. The number of benzene rings is 5. The number of hydrogen-bond donors (Lipinski definition) is 0. The lowest BCUT2D eigenvalue weighted by atomic mass is 10.1. The van der Waals surface area contributed by atoms with E-state index in [0.717, 1.165) is 40.2 Å². The number of aromatic nitrogens is 3. The van der Waals surface area contributed by atoms with Crippen molar-refractivity contribution in [1.82, 2.24) is 15.0 Å². The van der Waals surface area contributed by atoms with Gasteiger partial charge in [0.05, 0.1) is 0 Å². The van der Waals surface area contributed by atoms with E-state index in [1.165, 1.54) is 12.1 Å². The number of nitrogens with zero attached hydrogens (tertiary/aromatic N) is 3. The van der Waals surface area contributed by atoms with Crippen LogP contribution < -0.4 is 15.9 Å². The van der Waals surface area contributed by atoms with Crippen LogP contribution in [0.3, 0.4) is 0 Å². The lowest BCUT2D eigenvalue weighted by Gasteiger charge is -2.20. The fourth-order valence-corrected chi connectivity index (χ4v) is 6.76. The Hall–Kier alpha value is -4.74. The predicted octanol–water partition coefficient (Wildman–Crippen LogP) is 7.19. The Bertz CT molecular complexity index is 1740. The van der Waals surface area contributed by atoms with Gasteiger partial charge in [0.25, 0.3) is 0 Å². The molecule has 6 rings (SSSR count). The summed E-state index contributed by atoms with van der Waals surface area (Å²) in [6, 6.07) is 34.8. The summed E-state index contributed by atoms with van der Waals surface area (Å²) in [4.78, 5) is 13.6. The van der Waals surface area contributed by atoms with Gasteiger partial charge >= 0.3 is 0 Å². The van der Waals surface area contributed by atoms with Crippen LogP contribution in [0.5, 0.6) is 0 Å². The molecule has 0 N–H and O–H groups in total. The Morgan fingerprint density at radius 2 is 0.780 bits per heavy atom. The van der Waals surface area contributed by atoms with Crippen molar-refractivity contribution in [2.75, 3.05) is 0 Å². The molecule has 1 aromatic heterocycles. The third kappa shape index (κ3) is 5.63. The summed E-state index contributed by atoms with van der Waals surface area (Å²) in [6.07, 6.45) is 0. The van der Waals surface area contributed by atoms with Gasteiger partial charge in [0.2, 0.25) is 0 Å². The molecule has 0 aliphatic heterocycles. The van der Waals surface area contributed by atoms with Gasteiger partial charge in [-0.05, 0) is 66.3 Å². The molecule has 3 nitrogen and oxygen atoms in total. The molecule has 1 heterocycles. The van der Waals surface area contributed by atoms with Crippen LogP contribution in [0.15, 0.2) is 121 Å². The van der Waals surface area contributed by atoms with Crippen LogP contribution >= 0.6 is 7.92 Å². The van der Waals surface area contributed by atoms with E-state index in [1.807, 2.05) is 60.7 Å². The normalized spacial score (nSPS) is 11.1. The Kier molecular flexibility index (Phi) is 7.36. The second-order valence-corrected chi connectivity index (χ2v) is 11.3. The van der Waals surface area contributed by atoms with Crippen molar-refractivity contribution in [1.29, 1.82) is 0 Å². The fourth-order valence-electron chi connectivity index (χ4n) is 4.42. The van der Waals surface area contributed by atoms with E-state index < -0.39 is 31.2 Å². The van der Waals surface area contributed by atoms with Crippen molar-refractivity contribution >= 4 is 23.8 Å². The summed E-state index contributed by atoms with van der Waals surface area (Å²) >= 11 is 0. The largest absolute Gasteiger partial charge is 0.208 e. The Balaban J connectivity index is 1.52. The lowest BCUT2D eigenvalue weighted by Crippen LogP contribution is -2.20. The highest BCUT2D eigenvalue weighted by Gasteiger charge is 2.19. The van der Waals surface area contributed by atoms with E-state index in [4.69, 9.17) is 0 Å². The second-order valence-electron chi connectivity index (χ2n) is 9.12. The van der Waals surface area contributed by atoms with Gasteiger partial charge in [0, 0.05) is 16.7 Å². The first-order valence-corrected chi connectivity index (χ1v) is 14.0. The van der Waals surface area contributed by atoms with Gasteiger partial charge in [-0.3, -0.25) is 0 Å². The van der Waals surface area contributed by atoms with Crippen molar-refractivity contribution in [3.63, 3.8) is 0 Å². The van der Waals surface area contributed by atoms with Gasteiger partial charge in [0.1, 0.15) is 0 Å². The zero-order chi connectivity index (χ0) is 28.3. The zero-order valence-electron chi connectivity index (χ0n) is 21.3. The van der Waals surface area contributed by atoms with E-state index in [-0.39, 0.29) is 28.6 Å². The Morgan fingerprint density at radius 1 is 0.366 bits per heavy atom. The third-order valence-electron chi connectivity index (χ3n) is 6.38. The highest BCUT2D eigenvalue weighted by Crippen LogP contribution is 2.34. The summed E-state index contributed by atoms with van der Waals surface area (Å²) in [5.41, 5.74) is 1.07. The Morgan fingerprint density at radius 3 is 1.22 bits per heavy atom. The first kappa shape index (κ1) is 26.5. The van der Waals surface area contributed by atoms with Gasteiger partial charge in [-0.15, -0.1) is 0 Å². The molecule has 0 fully saturated rings. The van der Waals surface area contributed by atoms with Crippen LogP contribution in [0, 0.1) is 23.3 Å². The van der Waals surface area contributed by atoms with E-state index in [9.17, 15) is 17.6 Å². The van der Waals surface area contributed by atoms with Crippen LogP contribution in [0.1, 0.15) is 0 Å². The number of hydrogen-bond acceptors (Lipinski definition) is 3. The molecule has 0 spiro atoms. The van der Waals surface area contributed by atoms with Gasteiger partial charge < -0.3 is 0 Å². The molecule has 0 aliphatic rings. The molecule has 200 valence electrons. The van der Waals surface area contributed by atoms with E-state index >= 15 is 0 Å². The summed E-state index contributed by atoms with van der Waals surface area (Å²) in [5, 5.41) is 3.36. The molecule has 41 heavy (non-hydrogen) atoms. The van der Waals surface area contributed by atoms with Crippen molar-refractivity contribution in [2.45, 2.75) is 0 Å². The van der Waals surface area contributed by atoms with Crippen LogP contribution in [0.25, 0.3) is 34.2 Å². The maximum Gasteiger partial charge on any atom is 0.164 e. The zero-order valence-corrected chi connectivity index (χ0v) is 22.2. The van der Waals surface area contributed by atoms with E-state index in [2.05, 4.69) is 39.2 Å². The average Bonchev–Trinajstić information content (AvgIpc) is 3.01. The summed E-state index contributed by atoms with van der Waals surface area (Å²) < 4.78 is 55.6. The van der Waals surface area contributed by atoms with Crippen LogP contribution in [0.2, 0.25) is 0 Å². The van der Waals surface area contributed by atoms with Crippen molar-refractivity contribution in [2.24, 2.45) is 0 Å². The van der Waals surface area contributed by atoms with Crippen molar-refractivity contribution in [3.05, 3.63) is 145 Å². The molecular formula is C33H20F4N3P. The van der Waals surface area contributed by atoms with Crippen LogP contribution in [-0.2, 0) is 0 Å². The Labute approximate surface area is 235 Å². The number of halogens is 4. The number of rotatable bonds is 6. The first-order chi connectivity index (χ1) is 20.0. The molecule has 5 aromatic carbocycles. The molecule has 8 heteroatoms. The maximum absolute atomic E-state index is 14.1. The summed E-state index contributed by atoms with van der Waals surface area (Å²) in [6.45, 7) is 0. The SMILES string of the molecule is Fc1ccc(-c2nc(-c3cccc(P(c4ccccc4)c4ccccc4)c3)nc(-c3ccc(F)c(F)c3)n2)cc1F. The summed E-state index contributed by atoms with van der Waals surface area (Å²) in [5.74, 6) is -3.76. The topological polar surface area (TPSA) is 38.7 Å². The first-order valence-electron chi connectivity index (χ1n) is 12.6. The molecular weight excluding hydrogens is 545 g/mol. The summed E-state index contributed by atoms with van der Waals surface area (Å²) in [7, 11) is -0.925. The van der Waals surface area contributed by atoms with Crippen LogP contribution in [-0.4, -0.2) is 15.0 Å². The minimum atomic E-state index is -1.06. The quantitative estimate of drug-likeness (QED) is 0.159. The highest BCUT2D eigenvalue weighted by atomic mass is 31.1. The maximum atomic E-state index is 14.1. The molecule has 0 saturated heterocycles. The van der Waals surface area contributed by atoms with E-state index in [0.29, 0.717) is 5.56 Å². The smallest absolute Gasteiger partial charge is 0.164 e. The van der Waals surface area contributed by atoms with Gasteiger partial charge in [-0.1, -0.05) is 78.9 Å². The molecule has 0 radical (unpaired) electrons. The standard InChI is InChI=1S/C33H20F4N3P/c34-27-16-14-22(19-29(27)36)32-38-31(39-33(40-32)23-15-17-28(35)30(37)20-23)21-8-7-13-26(18-21)41(24-9-3-1-4-10-24)25-11-5-2-6-12-25/h1-20H. The van der Waals surface area contributed by atoms with Gasteiger partial charge in [-0.2, -0.15) is 0 Å². The lowest BCUT2D eigenvalue weighted by molar-refractivity contribution is 0.509. The minimum Gasteiger partial charge on any atom is -0.208 e. The van der Waals surface area contributed by atoms with E-state index in [1.54, 1.807) is 0 Å². The molecule has 0 unspecified atom stereocenters. The molecule has 0 aliphatic carbocycles. The van der Waals surface area contributed by atoms with Gasteiger partial charge in [0.15, 0.2) is 40.7 Å². The van der Waals surface area contributed by atoms with Gasteiger partial charge in [-0.25, -0.2) is 32.5 Å². The minimum absolute atomic E-state index is 0.0624. The monoisotopic (exact) mass is 565 g/mol. The second kappa shape index (κ2) is 11.4. The molecule has 0 amide bonds. The molecule has 0 atom stereocenters. The van der Waals surface area contributed by atoms with Crippen molar-refractivity contribution in [3.8, 4) is 34.2 Å². The molecule has 6 aromatic rings. The third-order valence-corrected chi connectivity index (χ3v) is 8.81. The van der Waals surface area contributed by atoms with Crippen molar-refractivity contribution < 1.29 is 17.6 Å². The highest BCUT2D eigenvalue weighted by molar-refractivity contribution is 7.79. The average molecular weight is 566 g/mol. The molecule has 0 bridgehead atoms. The fraction of sp³-hybridized carbons (Fsp3) is 0.